The van der Waals surface area contributed by atoms with Crippen LogP contribution in [0.3, 0.4) is 0 Å². The number of hydrogen-bond acceptors (Lipinski definition) is 4. The summed E-state index contributed by atoms with van der Waals surface area (Å²) in [7, 11) is 1.62. The average molecular weight is 210 g/mol. The van der Waals surface area contributed by atoms with Crippen molar-refractivity contribution >= 4 is 5.82 Å². The first-order valence-corrected chi connectivity index (χ1v) is 5.07. The number of hydrogen-bond donors (Lipinski definition) is 1. The van der Waals surface area contributed by atoms with Crippen LogP contribution in [0.1, 0.15) is 13.8 Å². The standard InChI is InChI=1S/C11H18N2O2/c1-9(2)13(7-8-14)11-10(15-3)5-4-6-12-11/h4-6,9,14H,7-8H2,1-3H3. The molecular weight excluding hydrogens is 192 g/mol. The maximum atomic E-state index is 9.00. The van der Waals surface area contributed by atoms with Gasteiger partial charge in [-0.2, -0.15) is 0 Å². The Kier molecular flexibility index (Phi) is 4.37. The van der Waals surface area contributed by atoms with Gasteiger partial charge in [-0.3, -0.25) is 0 Å². The fraction of sp³-hybridized carbons (Fsp3) is 0.545. The van der Waals surface area contributed by atoms with Crippen LogP contribution >= 0.6 is 0 Å². The molecule has 84 valence electrons. The van der Waals surface area contributed by atoms with Crippen molar-refractivity contribution in [1.82, 2.24) is 4.98 Å². The number of aromatic nitrogens is 1. The van der Waals surface area contributed by atoms with Gasteiger partial charge in [-0.25, -0.2) is 4.98 Å². The van der Waals surface area contributed by atoms with Crippen molar-refractivity contribution < 1.29 is 9.84 Å². The molecule has 0 atom stereocenters. The highest BCUT2D eigenvalue weighted by Gasteiger charge is 2.15. The summed E-state index contributed by atoms with van der Waals surface area (Å²) in [6.07, 6.45) is 1.73. The smallest absolute Gasteiger partial charge is 0.171 e. The zero-order chi connectivity index (χ0) is 11.3. The molecule has 0 fully saturated rings. The fourth-order valence-electron chi connectivity index (χ4n) is 1.47. The number of aliphatic hydroxyl groups excluding tert-OH is 1. The Bertz CT molecular complexity index is 302. The van der Waals surface area contributed by atoms with Crippen LogP contribution < -0.4 is 9.64 Å². The third kappa shape index (κ3) is 2.83. The third-order valence-electron chi connectivity index (χ3n) is 2.21. The number of pyridine rings is 1. The summed E-state index contributed by atoms with van der Waals surface area (Å²) in [6.45, 7) is 4.79. The van der Waals surface area contributed by atoms with Crippen LogP contribution in [0.4, 0.5) is 5.82 Å². The number of nitrogens with zero attached hydrogens (tertiary/aromatic N) is 2. The van der Waals surface area contributed by atoms with Gasteiger partial charge in [0.15, 0.2) is 11.6 Å². The van der Waals surface area contributed by atoms with Crippen LogP contribution in [0.25, 0.3) is 0 Å². The van der Waals surface area contributed by atoms with E-state index in [2.05, 4.69) is 18.8 Å². The molecule has 4 heteroatoms. The van der Waals surface area contributed by atoms with Crippen LogP contribution in [0.15, 0.2) is 18.3 Å². The summed E-state index contributed by atoms with van der Waals surface area (Å²) in [4.78, 5) is 6.29. The number of ether oxygens (including phenoxy) is 1. The van der Waals surface area contributed by atoms with Crippen LogP contribution in [-0.2, 0) is 0 Å². The SMILES string of the molecule is COc1cccnc1N(CCO)C(C)C. The molecule has 1 aromatic heterocycles. The summed E-state index contributed by atoms with van der Waals surface area (Å²) < 4.78 is 5.24. The Morgan fingerprint density at radius 2 is 2.27 bits per heavy atom. The summed E-state index contributed by atoms with van der Waals surface area (Å²) in [6, 6.07) is 3.98. The van der Waals surface area contributed by atoms with E-state index >= 15 is 0 Å². The molecule has 0 saturated heterocycles. The monoisotopic (exact) mass is 210 g/mol. The van der Waals surface area contributed by atoms with Crippen molar-refractivity contribution in [3.63, 3.8) is 0 Å². The number of anilines is 1. The minimum atomic E-state index is 0.109. The van der Waals surface area contributed by atoms with E-state index in [9.17, 15) is 0 Å². The summed E-state index contributed by atoms with van der Waals surface area (Å²) in [5, 5.41) is 9.00. The lowest BCUT2D eigenvalue weighted by molar-refractivity contribution is 0.298. The number of aliphatic hydroxyl groups is 1. The highest BCUT2D eigenvalue weighted by molar-refractivity contribution is 5.52. The van der Waals surface area contributed by atoms with E-state index in [4.69, 9.17) is 9.84 Å². The second-order valence-corrected chi connectivity index (χ2v) is 3.54. The summed E-state index contributed by atoms with van der Waals surface area (Å²) in [5.41, 5.74) is 0. The normalized spacial score (nSPS) is 10.5. The second-order valence-electron chi connectivity index (χ2n) is 3.54. The lowest BCUT2D eigenvalue weighted by Gasteiger charge is -2.28. The zero-order valence-electron chi connectivity index (χ0n) is 9.47. The number of methoxy groups -OCH3 is 1. The van der Waals surface area contributed by atoms with Crippen LogP contribution in [0.2, 0.25) is 0 Å². The molecule has 1 N–H and O–H groups in total. The van der Waals surface area contributed by atoms with Crippen molar-refractivity contribution in [2.75, 3.05) is 25.2 Å². The molecule has 0 aromatic carbocycles. The van der Waals surface area contributed by atoms with Gasteiger partial charge in [0.05, 0.1) is 13.7 Å². The van der Waals surface area contributed by atoms with E-state index in [0.717, 1.165) is 11.6 Å². The van der Waals surface area contributed by atoms with E-state index in [1.54, 1.807) is 13.3 Å². The van der Waals surface area contributed by atoms with Gasteiger partial charge >= 0.3 is 0 Å². The van der Waals surface area contributed by atoms with Gasteiger partial charge < -0.3 is 14.7 Å². The van der Waals surface area contributed by atoms with Crippen molar-refractivity contribution in [2.24, 2.45) is 0 Å². The van der Waals surface area contributed by atoms with E-state index in [1.807, 2.05) is 17.0 Å². The topological polar surface area (TPSA) is 45.6 Å². The molecule has 0 radical (unpaired) electrons. The molecule has 0 spiro atoms. The highest BCUT2D eigenvalue weighted by Crippen LogP contribution is 2.25. The predicted molar refractivity (Wildman–Crippen MR) is 60.4 cm³/mol. The van der Waals surface area contributed by atoms with Gasteiger partial charge in [-0.1, -0.05) is 0 Å². The van der Waals surface area contributed by atoms with Gasteiger partial charge in [0, 0.05) is 18.8 Å². The number of rotatable bonds is 5. The Labute approximate surface area is 90.5 Å². The average Bonchev–Trinajstić information content (AvgIpc) is 2.25. The molecule has 0 amide bonds. The molecule has 0 saturated carbocycles. The molecule has 1 heterocycles. The lowest BCUT2D eigenvalue weighted by Crippen LogP contribution is -2.34. The Morgan fingerprint density at radius 3 is 2.80 bits per heavy atom. The van der Waals surface area contributed by atoms with E-state index in [1.165, 1.54) is 0 Å². The molecule has 0 aliphatic carbocycles. The van der Waals surface area contributed by atoms with Crippen molar-refractivity contribution in [3.8, 4) is 5.75 Å². The van der Waals surface area contributed by atoms with E-state index < -0.39 is 0 Å². The third-order valence-corrected chi connectivity index (χ3v) is 2.21. The molecule has 0 aliphatic rings. The predicted octanol–water partition coefficient (Wildman–Crippen LogP) is 1.30. The van der Waals surface area contributed by atoms with Crippen molar-refractivity contribution in [3.05, 3.63) is 18.3 Å². The van der Waals surface area contributed by atoms with Crippen molar-refractivity contribution in [2.45, 2.75) is 19.9 Å². The quantitative estimate of drug-likeness (QED) is 0.795. The largest absolute Gasteiger partial charge is 0.493 e. The van der Waals surface area contributed by atoms with Gasteiger partial charge in [0.1, 0.15) is 0 Å². The van der Waals surface area contributed by atoms with Gasteiger partial charge in [0.25, 0.3) is 0 Å². The maximum Gasteiger partial charge on any atom is 0.171 e. The Morgan fingerprint density at radius 1 is 1.53 bits per heavy atom. The summed E-state index contributed by atoms with van der Waals surface area (Å²) in [5.74, 6) is 1.52. The molecule has 15 heavy (non-hydrogen) atoms. The molecule has 0 unspecified atom stereocenters. The van der Waals surface area contributed by atoms with E-state index in [-0.39, 0.29) is 12.6 Å². The zero-order valence-corrected chi connectivity index (χ0v) is 9.47. The maximum absolute atomic E-state index is 9.00. The first-order valence-electron chi connectivity index (χ1n) is 5.07. The molecule has 0 bridgehead atoms. The second kappa shape index (κ2) is 5.56. The molecule has 0 aliphatic heterocycles. The van der Waals surface area contributed by atoms with Gasteiger partial charge in [0.2, 0.25) is 0 Å². The molecule has 1 aromatic rings. The van der Waals surface area contributed by atoms with Crippen LogP contribution in [0, 0.1) is 0 Å². The highest BCUT2D eigenvalue weighted by atomic mass is 16.5. The first kappa shape index (κ1) is 11.8. The van der Waals surface area contributed by atoms with E-state index in [0.29, 0.717) is 6.54 Å². The minimum absolute atomic E-state index is 0.109. The molecular formula is C11H18N2O2. The first-order chi connectivity index (χ1) is 7.20. The molecule has 4 nitrogen and oxygen atoms in total. The Hall–Kier alpha value is -1.29. The van der Waals surface area contributed by atoms with Gasteiger partial charge in [-0.05, 0) is 26.0 Å². The fourth-order valence-corrected chi connectivity index (χ4v) is 1.47. The molecule has 1 rings (SSSR count). The van der Waals surface area contributed by atoms with Gasteiger partial charge in [-0.15, -0.1) is 0 Å². The lowest BCUT2D eigenvalue weighted by atomic mass is 10.3. The van der Waals surface area contributed by atoms with Crippen molar-refractivity contribution in [1.29, 1.82) is 0 Å². The summed E-state index contributed by atoms with van der Waals surface area (Å²) >= 11 is 0. The minimum Gasteiger partial charge on any atom is -0.493 e. The Balaban J connectivity index is 2.98. The van der Waals surface area contributed by atoms with Crippen LogP contribution in [-0.4, -0.2) is 36.4 Å². The van der Waals surface area contributed by atoms with Crippen LogP contribution in [0.5, 0.6) is 5.75 Å².